The first-order valence-electron chi connectivity index (χ1n) is 7.11. The Balaban J connectivity index is 1.74. The molecule has 0 aromatic heterocycles. The summed E-state index contributed by atoms with van der Waals surface area (Å²) in [7, 11) is 0. The maximum atomic E-state index is 6.12. The number of aryl methyl sites for hydroxylation is 2. The molecule has 0 bridgehead atoms. The van der Waals surface area contributed by atoms with Gasteiger partial charge in [0.1, 0.15) is 11.9 Å². The lowest BCUT2D eigenvalue weighted by molar-refractivity contribution is -0.0400. The molecule has 2 atom stereocenters. The molecule has 2 nitrogen and oxygen atoms in total. The lowest BCUT2D eigenvalue weighted by Crippen LogP contribution is -2.60. The SMILES string of the molecule is CC1(C)C(N)CC1Oc1ccc2c(c1)CCCC2. The monoisotopic (exact) mass is 245 g/mol. The molecule has 2 aliphatic carbocycles. The van der Waals surface area contributed by atoms with Gasteiger partial charge < -0.3 is 10.5 Å². The molecule has 0 spiro atoms. The molecule has 2 unspecified atom stereocenters. The van der Waals surface area contributed by atoms with E-state index >= 15 is 0 Å². The van der Waals surface area contributed by atoms with E-state index < -0.39 is 0 Å². The first-order valence-corrected chi connectivity index (χ1v) is 7.11. The number of fused-ring (bicyclic) bond motifs is 1. The van der Waals surface area contributed by atoms with Crippen LogP contribution in [0, 0.1) is 5.41 Å². The van der Waals surface area contributed by atoms with Crippen molar-refractivity contribution < 1.29 is 4.74 Å². The largest absolute Gasteiger partial charge is 0.490 e. The molecular weight excluding hydrogens is 222 g/mol. The van der Waals surface area contributed by atoms with Gasteiger partial charge in [-0.25, -0.2) is 0 Å². The van der Waals surface area contributed by atoms with Crippen LogP contribution < -0.4 is 10.5 Å². The molecule has 0 amide bonds. The number of rotatable bonds is 2. The summed E-state index contributed by atoms with van der Waals surface area (Å²) in [6.07, 6.45) is 6.34. The highest BCUT2D eigenvalue weighted by Gasteiger charge is 2.47. The highest BCUT2D eigenvalue weighted by atomic mass is 16.5. The van der Waals surface area contributed by atoms with E-state index in [9.17, 15) is 0 Å². The second-order valence-electron chi connectivity index (χ2n) is 6.41. The zero-order chi connectivity index (χ0) is 12.8. The molecule has 18 heavy (non-hydrogen) atoms. The van der Waals surface area contributed by atoms with Crippen LogP contribution in [0.1, 0.15) is 44.2 Å². The molecule has 0 aliphatic heterocycles. The second-order valence-corrected chi connectivity index (χ2v) is 6.41. The molecular formula is C16H23NO. The molecule has 1 aromatic rings. The Labute approximate surface area is 110 Å². The molecule has 0 heterocycles. The zero-order valence-corrected chi connectivity index (χ0v) is 11.4. The van der Waals surface area contributed by atoms with Crippen molar-refractivity contribution in [2.75, 3.05) is 0 Å². The maximum Gasteiger partial charge on any atom is 0.120 e. The predicted molar refractivity (Wildman–Crippen MR) is 73.9 cm³/mol. The summed E-state index contributed by atoms with van der Waals surface area (Å²) in [4.78, 5) is 0. The number of hydrogen-bond acceptors (Lipinski definition) is 2. The highest BCUT2D eigenvalue weighted by molar-refractivity contribution is 5.37. The van der Waals surface area contributed by atoms with Crippen LogP contribution >= 0.6 is 0 Å². The summed E-state index contributed by atoms with van der Waals surface area (Å²) >= 11 is 0. The second kappa shape index (κ2) is 4.27. The van der Waals surface area contributed by atoms with E-state index in [1.54, 1.807) is 0 Å². The summed E-state index contributed by atoms with van der Waals surface area (Å²) in [6.45, 7) is 4.40. The summed E-state index contributed by atoms with van der Waals surface area (Å²) in [6, 6.07) is 6.90. The molecule has 2 heteroatoms. The summed E-state index contributed by atoms with van der Waals surface area (Å²) in [5, 5.41) is 0. The Hall–Kier alpha value is -1.02. The minimum absolute atomic E-state index is 0.107. The van der Waals surface area contributed by atoms with Gasteiger partial charge in [0.2, 0.25) is 0 Å². The van der Waals surface area contributed by atoms with Crippen LogP contribution in [0.4, 0.5) is 0 Å². The van der Waals surface area contributed by atoms with E-state index in [1.807, 2.05) is 0 Å². The molecule has 0 radical (unpaired) electrons. The van der Waals surface area contributed by atoms with Crippen LogP contribution in [0.15, 0.2) is 18.2 Å². The Morgan fingerprint density at radius 1 is 1.17 bits per heavy atom. The van der Waals surface area contributed by atoms with Gasteiger partial charge in [0.05, 0.1) is 0 Å². The van der Waals surface area contributed by atoms with Crippen molar-refractivity contribution in [3.8, 4) is 5.75 Å². The number of benzene rings is 1. The Morgan fingerprint density at radius 3 is 2.56 bits per heavy atom. The number of ether oxygens (including phenoxy) is 1. The quantitative estimate of drug-likeness (QED) is 0.869. The summed E-state index contributed by atoms with van der Waals surface area (Å²) in [5.41, 5.74) is 9.14. The highest BCUT2D eigenvalue weighted by Crippen LogP contribution is 2.42. The van der Waals surface area contributed by atoms with Crippen LogP contribution in [-0.2, 0) is 12.8 Å². The molecule has 1 aromatic carbocycles. The Kier molecular flexibility index (Phi) is 2.86. The fourth-order valence-corrected chi connectivity index (χ4v) is 3.06. The smallest absolute Gasteiger partial charge is 0.120 e. The van der Waals surface area contributed by atoms with E-state index in [4.69, 9.17) is 10.5 Å². The molecule has 1 fully saturated rings. The first-order chi connectivity index (χ1) is 8.57. The van der Waals surface area contributed by atoms with Gasteiger partial charge in [0.25, 0.3) is 0 Å². The van der Waals surface area contributed by atoms with Gasteiger partial charge in [-0.1, -0.05) is 19.9 Å². The lowest BCUT2D eigenvalue weighted by atomic mass is 9.65. The molecule has 2 N–H and O–H groups in total. The number of hydrogen-bond donors (Lipinski definition) is 1. The summed E-state index contributed by atoms with van der Waals surface area (Å²) < 4.78 is 6.12. The minimum atomic E-state index is 0.107. The van der Waals surface area contributed by atoms with E-state index in [0.29, 0.717) is 0 Å². The third-order valence-corrected chi connectivity index (χ3v) is 4.85. The standard InChI is InChI=1S/C16H23NO/c1-16(2)14(17)10-15(16)18-13-8-7-11-5-3-4-6-12(11)9-13/h7-9,14-15H,3-6,10,17H2,1-2H3. The van der Waals surface area contributed by atoms with E-state index in [0.717, 1.165) is 12.2 Å². The van der Waals surface area contributed by atoms with Crippen LogP contribution in [0.25, 0.3) is 0 Å². The van der Waals surface area contributed by atoms with E-state index in [2.05, 4.69) is 32.0 Å². The molecule has 98 valence electrons. The fourth-order valence-electron chi connectivity index (χ4n) is 3.06. The van der Waals surface area contributed by atoms with Crippen LogP contribution in [-0.4, -0.2) is 12.1 Å². The van der Waals surface area contributed by atoms with Crippen molar-refractivity contribution in [3.63, 3.8) is 0 Å². The Morgan fingerprint density at radius 2 is 1.89 bits per heavy atom. The average Bonchev–Trinajstić information content (AvgIpc) is 2.38. The summed E-state index contributed by atoms with van der Waals surface area (Å²) in [5.74, 6) is 1.03. The van der Waals surface area contributed by atoms with Crippen molar-refractivity contribution in [2.45, 2.75) is 58.1 Å². The van der Waals surface area contributed by atoms with Gasteiger partial charge in [0, 0.05) is 17.9 Å². The normalized spacial score (nSPS) is 29.3. The Bertz CT molecular complexity index is 452. The first kappa shape index (κ1) is 12.0. The molecule has 2 aliphatic rings. The van der Waals surface area contributed by atoms with Crippen molar-refractivity contribution in [1.82, 2.24) is 0 Å². The van der Waals surface area contributed by atoms with Crippen molar-refractivity contribution in [1.29, 1.82) is 0 Å². The molecule has 1 saturated carbocycles. The van der Waals surface area contributed by atoms with Gasteiger partial charge in [-0.2, -0.15) is 0 Å². The number of nitrogens with two attached hydrogens (primary N) is 1. The third kappa shape index (κ3) is 1.93. The third-order valence-electron chi connectivity index (χ3n) is 4.85. The molecule has 0 saturated heterocycles. The minimum Gasteiger partial charge on any atom is -0.490 e. The lowest BCUT2D eigenvalue weighted by Gasteiger charge is -2.49. The topological polar surface area (TPSA) is 35.2 Å². The zero-order valence-electron chi connectivity index (χ0n) is 11.4. The van der Waals surface area contributed by atoms with Gasteiger partial charge >= 0.3 is 0 Å². The predicted octanol–water partition coefficient (Wildman–Crippen LogP) is 3.07. The fraction of sp³-hybridized carbons (Fsp3) is 0.625. The van der Waals surface area contributed by atoms with Gasteiger partial charge in [-0.05, 0) is 48.9 Å². The van der Waals surface area contributed by atoms with E-state index in [1.165, 1.54) is 36.8 Å². The van der Waals surface area contributed by atoms with Crippen LogP contribution in [0.3, 0.4) is 0 Å². The van der Waals surface area contributed by atoms with Crippen molar-refractivity contribution >= 4 is 0 Å². The van der Waals surface area contributed by atoms with Gasteiger partial charge in [0.15, 0.2) is 0 Å². The van der Waals surface area contributed by atoms with E-state index in [-0.39, 0.29) is 17.6 Å². The van der Waals surface area contributed by atoms with Crippen molar-refractivity contribution in [3.05, 3.63) is 29.3 Å². The van der Waals surface area contributed by atoms with Crippen LogP contribution in [0.5, 0.6) is 5.75 Å². The van der Waals surface area contributed by atoms with Gasteiger partial charge in [-0.15, -0.1) is 0 Å². The maximum absolute atomic E-state index is 6.12. The average molecular weight is 245 g/mol. The van der Waals surface area contributed by atoms with Crippen molar-refractivity contribution in [2.24, 2.45) is 11.1 Å². The molecule has 3 rings (SSSR count). The van der Waals surface area contributed by atoms with Gasteiger partial charge in [-0.3, -0.25) is 0 Å². The van der Waals surface area contributed by atoms with Crippen LogP contribution in [0.2, 0.25) is 0 Å².